The molecule has 0 saturated heterocycles. The van der Waals surface area contributed by atoms with Crippen LogP contribution in [-0.4, -0.2) is 23.1 Å². The van der Waals surface area contributed by atoms with Crippen LogP contribution >= 0.6 is 0 Å². The maximum atomic E-state index is 12.5. The number of nitrogens with one attached hydrogen (secondary N) is 2. The van der Waals surface area contributed by atoms with Crippen molar-refractivity contribution >= 4 is 22.5 Å². The van der Waals surface area contributed by atoms with E-state index in [-0.39, 0.29) is 11.3 Å². The van der Waals surface area contributed by atoms with E-state index in [0.29, 0.717) is 22.3 Å². The molecule has 1 heterocycles. The fourth-order valence-electron chi connectivity index (χ4n) is 2.54. The minimum Gasteiger partial charge on any atom is -0.506 e. The van der Waals surface area contributed by atoms with E-state index in [1.807, 2.05) is 13.0 Å². The quantitative estimate of drug-likeness (QED) is 0.691. The standard InChI is InChI=1S/C18H16N2O4/c1-10-7-8-14(24-2)13(9-10)20-18(23)15-16(21)11-5-3-4-6-12(11)19-17(15)22/h3-9H,1-2H3,(H,20,23)(H2,19,21,22). The lowest BCUT2D eigenvalue weighted by molar-refractivity contribution is 0.102. The van der Waals surface area contributed by atoms with Crippen LogP contribution in [0.1, 0.15) is 15.9 Å². The molecule has 24 heavy (non-hydrogen) atoms. The normalized spacial score (nSPS) is 10.6. The van der Waals surface area contributed by atoms with Crippen LogP contribution in [0.15, 0.2) is 47.3 Å². The zero-order valence-corrected chi connectivity index (χ0v) is 13.2. The number of aryl methyl sites for hydroxylation is 1. The summed E-state index contributed by atoms with van der Waals surface area (Å²) < 4.78 is 5.20. The maximum absolute atomic E-state index is 12.5. The van der Waals surface area contributed by atoms with Crippen molar-refractivity contribution in [3.05, 3.63) is 63.9 Å². The van der Waals surface area contributed by atoms with Crippen molar-refractivity contribution in [2.45, 2.75) is 6.92 Å². The number of methoxy groups -OCH3 is 1. The molecule has 1 aromatic heterocycles. The highest BCUT2D eigenvalue weighted by molar-refractivity contribution is 6.09. The number of carbonyl (C=O) groups excluding carboxylic acids is 1. The lowest BCUT2D eigenvalue weighted by atomic mass is 10.1. The Hall–Kier alpha value is -3.28. The number of H-pyrrole nitrogens is 1. The minimum absolute atomic E-state index is 0.336. The van der Waals surface area contributed by atoms with Gasteiger partial charge in [0.1, 0.15) is 17.1 Å². The van der Waals surface area contributed by atoms with Gasteiger partial charge in [0, 0.05) is 5.39 Å². The van der Waals surface area contributed by atoms with Crippen LogP contribution in [0.5, 0.6) is 11.5 Å². The first-order valence-corrected chi connectivity index (χ1v) is 7.31. The Balaban J connectivity index is 2.07. The van der Waals surface area contributed by atoms with Gasteiger partial charge >= 0.3 is 0 Å². The van der Waals surface area contributed by atoms with Crippen molar-refractivity contribution in [3.8, 4) is 11.5 Å². The molecule has 122 valence electrons. The Kier molecular flexibility index (Phi) is 3.95. The van der Waals surface area contributed by atoms with Gasteiger partial charge in [-0.2, -0.15) is 0 Å². The maximum Gasteiger partial charge on any atom is 0.265 e. The Morgan fingerprint density at radius 2 is 1.96 bits per heavy atom. The van der Waals surface area contributed by atoms with Crippen LogP contribution in [0.2, 0.25) is 0 Å². The molecule has 0 radical (unpaired) electrons. The first-order valence-electron chi connectivity index (χ1n) is 7.31. The topological polar surface area (TPSA) is 91.4 Å². The fourth-order valence-corrected chi connectivity index (χ4v) is 2.54. The zero-order chi connectivity index (χ0) is 17.3. The molecular formula is C18H16N2O4. The number of benzene rings is 2. The molecule has 1 amide bonds. The van der Waals surface area contributed by atoms with E-state index in [4.69, 9.17) is 4.74 Å². The first-order chi connectivity index (χ1) is 11.5. The molecule has 0 atom stereocenters. The van der Waals surface area contributed by atoms with Gasteiger partial charge in [-0.05, 0) is 36.8 Å². The number of anilines is 1. The summed E-state index contributed by atoms with van der Waals surface area (Å²) in [6, 6.07) is 12.0. The van der Waals surface area contributed by atoms with Crippen molar-refractivity contribution in [1.82, 2.24) is 4.98 Å². The molecule has 3 N–H and O–H groups in total. The number of aromatic amines is 1. The second-order valence-corrected chi connectivity index (χ2v) is 5.38. The zero-order valence-electron chi connectivity index (χ0n) is 13.2. The van der Waals surface area contributed by atoms with Crippen LogP contribution < -0.4 is 15.6 Å². The van der Waals surface area contributed by atoms with E-state index in [0.717, 1.165) is 5.56 Å². The Labute approximate surface area is 137 Å². The summed E-state index contributed by atoms with van der Waals surface area (Å²) in [5.41, 5.74) is 0.814. The molecule has 2 aromatic carbocycles. The monoisotopic (exact) mass is 324 g/mol. The van der Waals surface area contributed by atoms with Gasteiger partial charge in [-0.3, -0.25) is 9.59 Å². The highest BCUT2D eigenvalue weighted by Crippen LogP contribution is 2.28. The van der Waals surface area contributed by atoms with E-state index in [2.05, 4.69) is 10.3 Å². The van der Waals surface area contributed by atoms with Gasteiger partial charge in [0.2, 0.25) is 0 Å². The van der Waals surface area contributed by atoms with E-state index in [1.165, 1.54) is 7.11 Å². The third-order valence-electron chi connectivity index (χ3n) is 3.72. The Morgan fingerprint density at radius 3 is 2.71 bits per heavy atom. The predicted molar refractivity (Wildman–Crippen MR) is 91.9 cm³/mol. The summed E-state index contributed by atoms with van der Waals surface area (Å²) in [5, 5.41) is 13.4. The third-order valence-corrected chi connectivity index (χ3v) is 3.72. The number of aromatic hydroxyl groups is 1. The van der Waals surface area contributed by atoms with Gasteiger partial charge in [0.25, 0.3) is 11.5 Å². The molecule has 0 bridgehead atoms. The van der Waals surface area contributed by atoms with Crippen molar-refractivity contribution in [2.24, 2.45) is 0 Å². The number of hydrogen-bond donors (Lipinski definition) is 3. The summed E-state index contributed by atoms with van der Waals surface area (Å²) in [4.78, 5) is 27.3. The van der Waals surface area contributed by atoms with Crippen molar-refractivity contribution in [3.63, 3.8) is 0 Å². The van der Waals surface area contributed by atoms with Gasteiger partial charge in [-0.1, -0.05) is 18.2 Å². The summed E-state index contributed by atoms with van der Waals surface area (Å²) >= 11 is 0. The van der Waals surface area contributed by atoms with Gasteiger partial charge in [-0.25, -0.2) is 0 Å². The SMILES string of the molecule is COc1ccc(C)cc1NC(=O)c1c(O)c2ccccc2[nH]c1=O. The van der Waals surface area contributed by atoms with Gasteiger partial charge in [0.05, 0.1) is 18.3 Å². The fraction of sp³-hybridized carbons (Fsp3) is 0.111. The minimum atomic E-state index is -0.705. The number of aromatic nitrogens is 1. The number of carbonyl (C=O) groups is 1. The highest BCUT2D eigenvalue weighted by Gasteiger charge is 2.20. The second-order valence-electron chi connectivity index (χ2n) is 5.38. The average molecular weight is 324 g/mol. The van der Waals surface area contributed by atoms with E-state index in [1.54, 1.807) is 36.4 Å². The van der Waals surface area contributed by atoms with E-state index >= 15 is 0 Å². The molecule has 0 fully saturated rings. The van der Waals surface area contributed by atoms with Crippen LogP contribution in [-0.2, 0) is 0 Å². The molecule has 0 aliphatic rings. The molecule has 0 aliphatic heterocycles. The molecular weight excluding hydrogens is 308 g/mol. The van der Waals surface area contributed by atoms with Gasteiger partial charge in [-0.15, -0.1) is 0 Å². The molecule has 0 saturated carbocycles. The first kappa shape index (κ1) is 15.6. The number of para-hydroxylation sites is 1. The highest BCUT2D eigenvalue weighted by atomic mass is 16.5. The molecule has 3 rings (SSSR count). The van der Waals surface area contributed by atoms with Crippen LogP contribution in [0.3, 0.4) is 0 Å². The lowest BCUT2D eigenvalue weighted by Crippen LogP contribution is -2.23. The largest absolute Gasteiger partial charge is 0.506 e. The number of pyridine rings is 1. The Morgan fingerprint density at radius 1 is 1.21 bits per heavy atom. The van der Waals surface area contributed by atoms with Crippen molar-refractivity contribution in [2.75, 3.05) is 12.4 Å². The lowest BCUT2D eigenvalue weighted by Gasteiger charge is -2.12. The van der Waals surface area contributed by atoms with E-state index < -0.39 is 11.5 Å². The summed E-state index contributed by atoms with van der Waals surface area (Å²) in [5.74, 6) is -0.590. The van der Waals surface area contributed by atoms with Gasteiger partial charge < -0.3 is 20.1 Å². The summed E-state index contributed by atoms with van der Waals surface area (Å²) in [6.45, 7) is 1.87. The number of amides is 1. The predicted octanol–water partition coefficient (Wildman–Crippen LogP) is 2.80. The smallest absolute Gasteiger partial charge is 0.265 e. The molecule has 0 spiro atoms. The molecule has 0 aliphatic carbocycles. The van der Waals surface area contributed by atoms with E-state index in [9.17, 15) is 14.7 Å². The molecule has 3 aromatic rings. The second kappa shape index (κ2) is 6.08. The van der Waals surface area contributed by atoms with Crippen LogP contribution in [0.25, 0.3) is 10.9 Å². The number of ether oxygens (including phenoxy) is 1. The Bertz CT molecular complexity index is 992. The van der Waals surface area contributed by atoms with Crippen molar-refractivity contribution < 1.29 is 14.6 Å². The summed E-state index contributed by atoms with van der Waals surface area (Å²) in [7, 11) is 1.49. The van der Waals surface area contributed by atoms with Gasteiger partial charge in [0.15, 0.2) is 0 Å². The summed E-state index contributed by atoms with van der Waals surface area (Å²) in [6.07, 6.45) is 0. The molecule has 6 heteroatoms. The number of fused-ring (bicyclic) bond motifs is 1. The average Bonchev–Trinajstić information content (AvgIpc) is 2.55. The molecule has 0 unspecified atom stereocenters. The van der Waals surface area contributed by atoms with Crippen LogP contribution in [0, 0.1) is 6.92 Å². The molecule has 6 nitrogen and oxygen atoms in total. The van der Waals surface area contributed by atoms with Crippen LogP contribution in [0.4, 0.5) is 5.69 Å². The third kappa shape index (κ3) is 2.69. The van der Waals surface area contributed by atoms with Crippen molar-refractivity contribution in [1.29, 1.82) is 0 Å². The number of rotatable bonds is 3. The number of hydrogen-bond acceptors (Lipinski definition) is 4.